The molecule has 0 fully saturated rings. The van der Waals surface area contributed by atoms with Gasteiger partial charge in [-0.15, -0.1) is 0 Å². The summed E-state index contributed by atoms with van der Waals surface area (Å²) in [5.74, 6) is 0.817. The standard InChI is InChI=1S/C67H50O2/c1-41(42-25-27-44(28-26-42)47-17-11-16-46(37-47)43-13-3-2-4-14-43)59-38-48-15-5-6-18-53(48)66-57(59)36-35-56-51(50-32-34-55-54-19-7-9-22-61(54)69-64(55)40-50)33-31-45-29-30-49(39-60(45)67(56)66)52-21-12-24-63-65(52)58-20-8-10-23-62(58)68-63/h2-4,6-14,16-30,32,34-37,39-41,51,59H,5,15,31,33,38H2,1H3. The molecule has 3 aliphatic rings. The van der Waals surface area contributed by atoms with Crippen molar-refractivity contribution < 1.29 is 8.83 Å². The second kappa shape index (κ2) is 16.1. The van der Waals surface area contributed by atoms with Gasteiger partial charge in [-0.05, 0) is 164 Å². The summed E-state index contributed by atoms with van der Waals surface area (Å²) in [7, 11) is 0. The fraction of sp³-hybridized carbons (Fsp3) is 0.134. The third kappa shape index (κ3) is 6.61. The van der Waals surface area contributed by atoms with Crippen molar-refractivity contribution in [3.05, 3.63) is 245 Å². The molecule has 9 aromatic carbocycles. The van der Waals surface area contributed by atoms with E-state index in [0.29, 0.717) is 11.8 Å². The molecule has 0 saturated heterocycles. The second-order valence-corrected chi connectivity index (χ2v) is 19.7. The molecule has 0 saturated carbocycles. The lowest BCUT2D eigenvalue weighted by molar-refractivity contribution is 0.553. The first-order valence-electron chi connectivity index (χ1n) is 24.9. The Labute approximate surface area is 402 Å². The lowest BCUT2D eigenvalue weighted by Crippen LogP contribution is -2.19. The molecular formula is C67H50O2. The highest BCUT2D eigenvalue weighted by atomic mass is 16.3. The van der Waals surface area contributed by atoms with Gasteiger partial charge in [-0.2, -0.15) is 0 Å². The molecular weight excluding hydrogens is 837 g/mol. The average Bonchev–Trinajstić information content (AvgIpc) is 3.94. The minimum atomic E-state index is 0.183. The zero-order chi connectivity index (χ0) is 45.6. The van der Waals surface area contributed by atoms with Gasteiger partial charge < -0.3 is 8.83 Å². The SMILES string of the molecule is CC(c1ccc(-c2cccc(-c3ccccc3)c2)cc1)C1CC2=C(C=CCC2)c2c1ccc1c2-c2cc(-c3cccc4oc5ccccc5c34)ccc2CCC1c1ccc2c(c1)oc1ccccc12. The van der Waals surface area contributed by atoms with E-state index in [0.717, 1.165) is 59.8 Å². The van der Waals surface area contributed by atoms with Crippen LogP contribution in [0.3, 0.4) is 0 Å². The van der Waals surface area contributed by atoms with E-state index in [1.54, 1.807) is 5.57 Å². The number of hydrogen-bond donors (Lipinski definition) is 0. The van der Waals surface area contributed by atoms with Gasteiger partial charge in [0.2, 0.25) is 0 Å². The molecule has 0 N–H and O–H groups in total. The highest BCUT2D eigenvalue weighted by Gasteiger charge is 2.36. The molecule has 2 nitrogen and oxygen atoms in total. The Hall–Kier alpha value is -7.94. The van der Waals surface area contributed by atoms with Crippen LogP contribution in [0.25, 0.3) is 94.0 Å². The molecule has 2 heteroatoms. The summed E-state index contributed by atoms with van der Waals surface area (Å²) < 4.78 is 13.0. The molecule has 14 rings (SSSR count). The highest BCUT2D eigenvalue weighted by Crippen LogP contribution is 2.55. The van der Waals surface area contributed by atoms with E-state index in [2.05, 4.69) is 213 Å². The second-order valence-electron chi connectivity index (χ2n) is 19.7. The monoisotopic (exact) mass is 886 g/mol. The van der Waals surface area contributed by atoms with Crippen LogP contribution in [-0.4, -0.2) is 0 Å². The Morgan fingerprint density at radius 1 is 0.478 bits per heavy atom. The largest absolute Gasteiger partial charge is 0.456 e. The number of rotatable bonds is 6. The Balaban J connectivity index is 0.938. The predicted molar refractivity (Wildman–Crippen MR) is 287 cm³/mol. The first kappa shape index (κ1) is 40.2. The summed E-state index contributed by atoms with van der Waals surface area (Å²) in [5, 5.41) is 4.68. The molecule has 0 aliphatic heterocycles. The number of allylic oxidation sites excluding steroid dienone is 4. The quantitative estimate of drug-likeness (QED) is 0.166. The van der Waals surface area contributed by atoms with Crippen molar-refractivity contribution in [1.82, 2.24) is 0 Å². The van der Waals surface area contributed by atoms with Crippen LogP contribution in [0.2, 0.25) is 0 Å². The van der Waals surface area contributed by atoms with Crippen molar-refractivity contribution in [2.75, 3.05) is 0 Å². The average molecular weight is 887 g/mol. The summed E-state index contributed by atoms with van der Waals surface area (Å²) >= 11 is 0. The van der Waals surface area contributed by atoms with Crippen molar-refractivity contribution in [2.45, 2.75) is 56.8 Å². The minimum absolute atomic E-state index is 0.183. The molecule has 3 atom stereocenters. The molecule has 2 aromatic heterocycles. The third-order valence-corrected chi connectivity index (χ3v) is 16.0. The van der Waals surface area contributed by atoms with Crippen molar-refractivity contribution >= 4 is 49.5 Å². The predicted octanol–water partition coefficient (Wildman–Crippen LogP) is 18.6. The van der Waals surface area contributed by atoms with Crippen molar-refractivity contribution in [3.8, 4) is 44.5 Å². The number of hydrogen-bond acceptors (Lipinski definition) is 2. The summed E-state index contributed by atoms with van der Waals surface area (Å²) in [6, 6.07) is 72.0. The summed E-state index contributed by atoms with van der Waals surface area (Å²) in [6.07, 6.45) is 10.1. The van der Waals surface area contributed by atoms with Gasteiger partial charge in [0.1, 0.15) is 22.3 Å². The van der Waals surface area contributed by atoms with E-state index < -0.39 is 0 Å². The van der Waals surface area contributed by atoms with Crippen LogP contribution in [0.1, 0.15) is 83.7 Å². The molecule has 0 spiro atoms. The zero-order valence-electron chi connectivity index (χ0n) is 38.7. The van der Waals surface area contributed by atoms with Crippen LogP contribution in [0.5, 0.6) is 0 Å². The maximum Gasteiger partial charge on any atom is 0.136 e. The van der Waals surface area contributed by atoms with Crippen molar-refractivity contribution in [1.29, 1.82) is 0 Å². The summed E-state index contributed by atoms with van der Waals surface area (Å²) in [4.78, 5) is 0. The molecule has 2 heterocycles. The molecule has 0 amide bonds. The normalized spacial score (nSPS) is 16.9. The van der Waals surface area contributed by atoms with Gasteiger partial charge >= 0.3 is 0 Å². The van der Waals surface area contributed by atoms with Gasteiger partial charge in [-0.3, -0.25) is 0 Å². The zero-order valence-corrected chi connectivity index (χ0v) is 38.7. The van der Waals surface area contributed by atoms with Crippen LogP contribution in [0.4, 0.5) is 0 Å². The summed E-state index contributed by atoms with van der Waals surface area (Å²) in [5.41, 5.74) is 25.4. The van der Waals surface area contributed by atoms with Crippen molar-refractivity contribution in [2.24, 2.45) is 0 Å². The van der Waals surface area contributed by atoms with Crippen LogP contribution in [0.15, 0.2) is 221 Å². The van der Waals surface area contributed by atoms with Gasteiger partial charge in [0, 0.05) is 27.5 Å². The molecule has 69 heavy (non-hydrogen) atoms. The van der Waals surface area contributed by atoms with Crippen LogP contribution in [0, 0.1) is 0 Å². The number of aryl methyl sites for hydroxylation is 1. The van der Waals surface area contributed by atoms with Gasteiger partial charge in [0.25, 0.3) is 0 Å². The van der Waals surface area contributed by atoms with E-state index in [4.69, 9.17) is 8.83 Å². The Morgan fingerprint density at radius 2 is 1.16 bits per heavy atom. The van der Waals surface area contributed by atoms with Gasteiger partial charge in [-0.1, -0.05) is 182 Å². The molecule has 3 aliphatic carbocycles. The van der Waals surface area contributed by atoms with E-state index >= 15 is 0 Å². The number of fused-ring (bicyclic) bond motifs is 12. The first-order chi connectivity index (χ1) is 34.1. The van der Waals surface area contributed by atoms with E-state index in [-0.39, 0.29) is 5.92 Å². The van der Waals surface area contributed by atoms with Crippen LogP contribution >= 0.6 is 0 Å². The van der Waals surface area contributed by atoms with Crippen molar-refractivity contribution in [3.63, 3.8) is 0 Å². The van der Waals surface area contributed by atoms with E-state index in [9.17, 15) is 0 Å². The molecule has 0 radical (unpaired) electrons. The highest BCUT2D eigenvalue weighted by molar-refractivity contribution is 6.13. The summed E-state index contributed by atoms with van der Waals surface area (Å²) in [6.45, 7) is 2.47. The van der Waals surface area contributed by atoms with Crippen LogP contribution < -0.4 is 0 Å². The Kier molecular flexibility index (Phi) is 9.37. The minimum Gasteiger partial charge on any atom is -0.456 e. The molecule has 330 valence electrons. The van der Waals surface area contributed by atoms with E-state index in [1.807, 2.05) is 0 Å². The maximum atomic E-state index is 6.56. The lowest BCUT2D eigenvalue weighted by Gasteiger charge is -2.37. The van der Waals surface area contributed by atoms with E-state index in [1.165, 1.54) is 99.6 Å². The lowest BCUT2D eigenvalue weighted by atomic mass is 9.67. The number of para-hydroxylation sites is 2. The molecule has 3 unspecified atom stereocenters. The van der Waals surface area contributed by atoms with Gasteiger partial charge in [-0.25, -0.2) is 0 Å². The molecule has 0 bridgehead atoms. The Morgan fingerprint density at radius 3 is 2.01 bits per heavy atom. The number of furan rings is 2. The fourth-order valence-electron chi connectivity index (χ4n) is 12.5. The van der Waals surface area contributed by atoms with Crippen LogP contribution in [-0.2, 0) is 6.42 Å². The maximum absolute atomic E-state index is 6.56. The topological polar surface area (TPSA) is 26.3 Å². The fourth-order valence-corrected chi connectivity index (χ4v) is 12.5. The number of benzene rings is 9. The third-order valence-electron chi connectivity index (χ3n) is 16.0. The Bertz CT molecular complexity index is 3890. The first-order valence-corrected chi connectivity index (χ1v) is 24.9. The van der Waals surface area contributed by atoms with Gasteiger partial charge in [0.05, 0.1) is 0 Å². The smallest absolute Gasteiger partial charge is 0.136 e. The van der Waals surface area contributed by atoms with Gasteiger partial charge in [0.15, 0.2) is 0 Å². The molecule has 11 aromatic rings.